The number of anilines is 2. The number of piperidine rings is 1. The van der Waals surface area contributed by atoms with Crippen molar-refractivity contribution < 1.29 is 27.6 Å². The van der Waals surface area contributed by atoms with Crippen LogP contribution in [0, 0.1) is 5.92 Å². The predicted molar refractivity (Wildman–Crippen MR) is 127 cm³/mol. The number of halogens is 3. The van der Waals surface area contributed by atoms with E-state index in [2.05, 4.69) is 10.6 Å². The SMILES string of the molecule is CC(=O)Nc1ccc(C(F)(F)F)cc1NC(=O)C1CCN(C(=O)c2cccc3ccccc23)CC1. The summed E-state index contributed by atoms with van der Waals surface area (Å²) in [4.78, 5) is 39.2. The van der Waals surface area contributed by atoms with E-state index >= 15 is 0 Å². The van der Waals surface area contributed by atoms with Crippen LogP contribution >= 0.6 is 0 Å². The van der Waals surface area contributed by atoms with Crippen molar-refractivity contribution in [2.75, 3.05) is 23.7 Å². The van der Waals surface area contributed by atoms with Gasteiger partial charge in [-0.3, -0.25) is 14.4 Å². The van der Waals surface area contributed by atoms with Gasteiger partial charge in [-0.05, 0) is 47.9 Å². The van der Waals surface area contributed by atoms with Gasteiger partial charge in [0.05, 0.1) is 16.9 Å². The third-order valence-corrected chi connectivity index (χ3v) is 6.09. The summed E-state index contributed by atoms with van der Waals surface area (Å²) in [5.41, 5.74) is -0.371. The van der Waals surface area contributed by atoms with E-state index in [9.17, 15) is 27.6 Å². The zero-order valence-electron chi connectivity index (χ0n) is 19.0. The van der Waals surface area contributed by atoms with Crippen molar-refractivity contribution in [3.63, 3.8) is 0 Å². The number of amides is 3. The molecule has 0 radical (unpaired) electrons. The van der Waals surface area contributed by atoms with Crippen LogP contribution in [0.25, 0.3) is 10.8 Å². The lowest BCUT2D eigenvalue weighted by Gasteiger charge is -2.32. The summed E-state index contributed by atoms with van der Waals surface area (Å²) in [6.07, 6.45) is -3.85. The standard InChI is InChI=1S/C26H24F3N3O3/c1-16(33)30-22-10-9-19(26(27,28)29)15-23(22)31-24(34)18-11-13-32(14-12-18)25(35)21-8-4-6-17-5-2-3-7-20(17)21/h2-10,15,18H,11-14H2,1H3,(H,30,33)(H,31,34). The number of carbonyl (C=O) groups excluding carboxylic acids is 3. The van der Waals surface area contributed by atoms with Crippen LogP contribution in [0.1, 0.15) is 35.7 Å². The Bertz CT molecular complexity index is 1280. The van der Waals surface area contributed by atoms with Crippen molar-refractivity contribution in [1.29, 1.82) is 0 Å². The lowest BCUT2D eigenvalue weighted by atomic mass is 9.94. The molecule has 182 valence electrons. The molecular formula is C26H24F3N3O3. The highest BCUT2D eigenvalue weighted by Crippen LogP contribution is 2.34. The van der Waals surface area contributed by atoms with Gasteiger partial charge in [0.25, 0.3) is 5.91 Å². The summed E-state index contributed by atoms with van der Waals surface area (Å²) < 4.78 is 39.5. The maximum atomic E-state index is 13.2. The predicted octanol–water partition coefficient (Wildman–Crippen LogP) is 5.31. The first-order valence-corrected chi connectivity index (χ1v) is 11.2. The number of likely N-dealkylation sites (tertiary alicyclic amines) is 1. The first-order chi connectivity index (χ1) is 16.6. The van der Waals surface area contributed by atoms with E-state index in [-0.39, 0.29) is 17.3 Å². The van der Waals surface area contributed by atoms with Crippen LogP contribution in [-0.2, 0) is 15.8 Å². The van der Waals surface area contributed by atoms with Gasteiger partial charge < -0.3 is 15.5 Å². The molecule has 1 heterocycles. The van der Waals surface area contributed by atoms with Gasteiger partial charge in [-0.1, -0.05) is 36.4 Å². The molecule has 3 aromatic rings. The van der Waals surface area contributed by atoms with Crippen LogP contribution in [0.5, 0.6) is 0 Å². The molecule has 0 unspecified atom stereocenters. The molecule has 1 saturated heterocycles. The number of hydrogen-bond donors (Lipinski definition) is 2. The second-order valence-electron chi connectivity index (χ2n) is 8.52. The number of alkyl halides is 3. The fourth-order valence-corrected chi connectivity index (χ4v) is 4.28. The minimum Gasteiger partial charge on any atom is -0.339 e. The molecule has 1 fully saturated rings. The maximum Gasteiger partial charge on any atom is 0.416 e. The summed E-state index contributed by atoms with van der Waals surface area (Å²) in [6, 6.07) is 15.9. The van der Waals surface area contributed by atoms with Gasteiger partial charge in [0.1, 0.15) is 0 Å². The zero-order valence-corrected chi connectivity index (χ0v) is 19.0. The normalized spacial score (nSPS) is 14.6. The van der Waals surface area contributed by atoms with Crippen LogP contribution in [0.2, 0.25) is 0 Å². The zero-order chi connectivity index (χ0) is 25.2. The highest BCUT2D eigenvalue weighted by molar-refractivity contribution is 6.07. The number of carbonyl (C=O) groups is 3. The van der Waals surface area contributed by atoms with Gasteiger partial charge in [-0.2, -0.15) is 13.2 Å². The first kappa shape index (κ1) is 24.3. The smallest absolute Gasteiger partial charge is 0.339 e. The molecule has 1 aliphatic heterocycles. The van der Waals surface area contributed by atoms with Gasteiger partial charge in [0.2, 0.25) is 11.8 Å². The lowest BCUT2D eigenvalue weighted by molar-refractivity contribution is -0.137. The summed E-state index contributed by atoms with van der Waals surface area (Å²) in [5, 5.41) is 6.80. The molecule has 4 rings (SSSR count). The molecule has 0 aliphatic carbocycles. The molecule has 0 aromatic heterocycles. The molecule has 3 aromatic carbocycles. The number of nitrogens with one attached hydrogen (secondary N) is 2. The average Bonchev–Trinajstić information content (AvgIpc) is 2.83. The Balaban J connectivity index is 1.45. The molecule has 2 N–H and O–H groups in total. The number of hydrogen-bond acceptors (Lipinski definition) is 3. The molecule has 0 bridgehead atoms. The molecule has 1 aliphatic rings. The van der Waals surface area contributed by atoms with Crippen LogP contribution in [-0.4, -0.2) is 35.7 Å². The first-order valence-electron chi connectivity index (χ1n) is 11.2. The number of fused-ring (bicyclic) bond motifs is 1. The molecule has 6 nitrogen and oxygen atoms in total. The topological polar surface area (TPSA) is 78.5 Å². The van der Waals surface area contributed by atoms with E-state index in [0.29, 0.717) is 31.5 Å². The summed E-state index contributed by atoms with van der Waals surface area (Å²) >= 11 is 0. The van der Waals surface area contributed by atoms with Gasteiger partial charge in [-0.25, -0.2) is 0 Å². The third kappa shape index (κ3) is 5.45. The van der Waals surface area contributed by atoms with E-state index in [4.69, 9.17) is 0 Å². The highest BCUT2D eigenvalue weighted by atomic mass is 19.4. The Kier molecular flexibility index (Phi) is 6.77. The lowest BCUT2D eigenvalue weighted by Crippen LogP contribution is -2.41. The second-order valence-corrected chi connectivity index (χ2v) is 8.52. The number of nitrogens with zero attached hydrogens (tertiary/aromatic N) is 1. The molecule has 35 heavy (non-hydrogen) atoms. The fourth-order valence-electron chi connectivity index (χ4n) is 4.28. The van der Waals surface area contributed by atoms with Crippen molar-refractivity contribution in [3.8, 4) is 0 Å². The Labute approximate surface area is 200 Å². The van der Waals surface area contributed by atoms with Crippen molar-refractivity contribution in [2.24, 2.45) is 5.92 Å². The Morgan fingerprint density at radius 2 is 1.57 bits per heavy atom. The van der Waals surface area contributed by atoms with Crippen molar-refractivity contribution in [1.82, 2.24) is 4.90 Å². The molecular weight excluding hydrogens is 459 g/mol. The van der Waals surface area contributed by atoms with Crippen molar-refractivity contribution in [2.45, 2.75) is 25.9 Å². The highest BCUT2D eigenvalue weighted by Gasteiger charge is 2.32. The maximum absolute atomic E-state index is 13.2. The second kappa shape index (κ2) is 9.77. The van der Waals surface area contributed by atoms with Gasteiger partial charge in [0.15, 0.2) is 0 Å². The summed E-state index contributed by atoms with van der Waals surface area (Å²) in [5.74, 6) is -1.52. The average molecular weight is 483 g/mol. The monoisotopic (exact) mass is 483 g/mol. The number of benzene rings is 3. The molecule has 3 amide bonds. The van der Waals surface area contributed by atoms with E-state index < -0.39 is 29.5 Å². The molecule has 0 saturated carbocycles. The van der Waals surface area contributed by atoms with Gasteiger partial charge >= 0.3 is 6.18 Å². The fraction of sp³-hybridized carbons (Fsp3) is 0.269. The van der Waals surface area contributed by atoms with E-state index in [0.717, 1.165) is 29.0 Å². The van der Waals surface area contributed by atoms with E-state index in [1.165, 1.54) is 6.92 Å². The third-order valence-electron chi connectivity index (χ3n) is 6.09. The summed E-state index contributed by atoms with van der Waals surface area (Å²) in [7, 11) is 0. The quantitative estimate of drug-likeness (QED) is 0.528. The minimum absolute atomic E-state index is 0.0856. The van der Waals surface area contributed by atoms with Crippen molar-refractivity contribution >= 4 is 39.9 Å². The van der Waals surface area contributed by atoms with Crippen LogP contribution in [0.15, 0.2) is 60.7 Å². The van der Waals surface area contributed by atoms with Crippen LogP contribution < -0.4 is 10.6 Å². The van der Waals surface area contributed by atoms with Crippen molar-refractivity contribution in [3.05, 3.63) is 71.8 Å². The van der Waals surface area contributed by atoms with Crippen LogP contribution in [0.4, 0.5) is 24.5 Å². The summed E-state index contributed by atoms with van der Waals surface area (Å²) in [6.45, 7) is 1.93. The van der Waals surface area contributed by atoms with Crippen LogP contribution in [0.3, 0.4) is 0 Å². The van der Waals surface area contributed by atoms with E-state index in [1.54, 1.807) is 11.0 Å². The van der Waals surface area contributed by atoms with Gasteiger partial charge in [0, 0.05) is 31.5 Å². The molecule has 0 spiro atoms. The minimum atomic E-state index is -4.60. The largest absolute Gasteiger partial charge is 0.416 e. The van der Waals surface area contributed by atoms with Gasteiger partial charge in [-0.15, -0.1) is 0 Å². The van der Waals surface area contributed by atoms with E-state index in [1.807, 2.05) is 36.4 Å². The molecule has 0 atom stereocenters. The number of rotatable bonds is 4. The Hall–Kier alpha value is -3.88. The Morgan fingerprint density at radius 1 is 0.886 bits per heavy atom. The molecule has 9 heteroatoms. The Morgan fingerprint density at radius 3 is 2.26 bits per heavy atom.